The molecule has 12 nitrogen and oxygen atoms in total. The molecule has 1 heterocycles. The first-order valence-corrected chi connectivity index (χ1v) is 19.9. The Morgan fingerprint density at radius 2 is 1.84 bits per heavy atom. The molecule has 3 saturated carbocycles. The first-order chi connectivity index (χ1) is 26.8. The normalized spacial score (nSPS) is 32.6. The van der Waals surface area contributed by atoms with Crippen molar-refractivity contribution in [3.63, 3.8) is 0 Å². The molecule has 2 amide bonds. The molecule has 6 N–H and O–H groups in total. The number of aliphatic hydroxyl groups is 2. The minimum Gasteiger partial charge on any atom is -0.393 e. The van der Waals surface area contributed by atoms with E-state index in [1.807, 2.05) is 55.5 Å². The number of amides is 2. The van der Waals surface area contributed by atoms with E-state index in [4.69, 9.17) is 15.2 Å². The number of ketones is 3. The van der Waals surface area contributed by atoms with Crippen LogP contribution in [-0.4, -0.2) is 76.4 Å². The number of carbonyl (C=O) groups is 5. The van der Waals surface area contributed by atoms with Crippen LogP contribution in [0.4, 0.5) is 5.69 Å². The van der Waals surface area contributed by atoms with Gasteiger partial charge in [-0.05, 0) is 92.2 Å². The zero-order chi connectivity index (χ0) is 39.9. The lowest BCUT2D eigenvalue weighted by atomic mass is 9.49. The molecular weight excluding hydrogens is 714 g/mol. The Kier molecular flexibility index (Phi) is 11.3. The highest BCUT2D eigenvalue weighted by Gasteiger charge is 2.75. The number of ether oxygens (including phenoxy) is 2. The van der Waals surface area contributed by atoms with Crippen molar-refractivity contribution >= 4 is 34.9 Å². The van der Waals surface area contributed by atoms with Gasteiger partial charge in [0.2, 0.25) is 11.8 Å². The SMILES string of the molecule is C[C@H](CC(=O)[C@H](C)NC(=O)CCN)C(=O)Nc1cccc(Cc2ccc([C@@H]3O[C@@H]4C[C@H]5[C@@H]6CCC7=CC(=O)C=CC7[C@H]6[C@@H](O)C[C@]5(C)[C@]4(C(=O)CO)O3)cc2)c1. The number of rotatable bonds is 13. The van der Waals surface area contributed by atoms with Crippen molar-refractivity contribution in [3.05, 3.63) is 89.0 Å². The van der Waals surface area contributed by atoms with Crippen LogP contribution in [0.2, 0.25) is 0 Å². The van der Waals surface area contributed by atoms with Gasteiger partial charge in [0.15, 0.2) is 29.2 Å². The third kappa shape index (κ3) is 7.22. The largest absolute Gasteiger partial charge is 0.393 e. The van der Waals surface area contributed by atoms with Crippen molar-refractivity contribution in [1.29, 1.82) is 0 Å². The fourth-order valence-corrected chi connectivity index (χ4v) is 10.6. The van der Waals surface area contributed by atoms with Gasteiger partial charge in [-0.25, -0.2) is 0 Å². The summed E-state index contributed by atoms with van der Waals surface area (Å²) in [5, 5.41) is 27.6. The van der Waals surface area contributed by atoms with Crippen molar-refractivity contribution in [1.82, 2.24) is 5.32 Å². The van der Waals surface area contributed by atoms with Gasteiger partial charge in [0.05, 0.1) is 18.2 Å². The maximum atomic E-state index is 13.9. The Hall–Kier alpha value is -4.33. The molecule has 12 heteroatoms. The van der Waals surface area contributed by atoms with Crippen molar-refractivity contribution in [2.75, 3.05) is 18.5 Å². The van der Waals surface area contributed by atoms with Crippen LogP contribution in [-0.2, 0) is 39.9 Å². The Balaban J connectivity index is 0.997. The zero-order valence-corrected chi connectivity index (χ0v) is 32.2. The summed E-state index contributed by atoms with van der Waals surface area (Å²) < 4.78 is 13.3. The number of Topliss-reactive ketones (excluding diaryl/α,β-unsaturated/α-hetero) is 2. The second-order valence-corrected chi connectivity index (χ2v) is 16.7. The molecule has 56 heavy (non-hydrogen) atoms. The lowest BCUT2D eigenvalue weighted by Gasteiger charge is -2.56. The number of benzene rings is 2. The van der Waals surface area contributed by atoms with Crippen LogP contribution in [0.5, 0.6) is 0 Å². The van der Waals surface area contributed by atoms with Gasteiger partial charge < -0.3 is 36.1 Å². The average Bonchev–Trinajstić information content (AvgIpc) is 3.67. The first-order valence-electron chi connectivity index (χ1n) is 19.9. The van der Waals surface area contributed by atoms with Gasteiger partial charge >= 0.3 is 0 Å². The maximum Gasteiger partial charge on any atom is 0.227 e. The smallest absolute Gasteiger partial charge is 0.227 e. The van der Waals surface area contributed by atoms with E-state index in [-0.39, 0.29) is 66.4 Å². The number of aliphatic hydroxyl groups excluding tert-OH is 2. The van der Waals surface area contributed by atoms with Crippen LogP contribution in [0.3, 0.4) is 0 Å². The van der Waals surface area contributed by atoms with Gasteiger partial charge in [-0.1, -0.05) is 61.9 Å². The minimum atomic E-state index is -1.41. The zero-order valence-electron chi connectivity index (χ0n) is 32.2. The number of hydrogen-bond acceptors (Lipinski definition) is 10. The Bertz CT molecular complexity index is 1940. The van der Waals surface area contributed by atoms with E-state index < -0.39 is 53.9 Å². The molecule has 0 aromatic heterocycles. The predicted molar refractivity (Wildman–Crippen MR) is 207 cm³/mol. The molecule has 11 atom stereocenters. The van der Waals surface area contributed by atoms with Crippen LogP contribution in [0.25, 0.3) is 0 Å². The molecule has 0 bridgehead atoms. The molecule has 0 spiro atoms. The van der Waals surface area contributed by atoms with E-state index in [2.05, 4.69) is 10.6 Å². The summed E-state index contributed by atoms with van der Waals surface area (Å²) >= 11 is 0. The van der Waals surface area contributed by atoms with Crippen molar-refractivity contribution in [3.8, 4) is 0 Å². The fourth-order valence-electron chi connectivity index (χ4n) is 10.6. The van der Waals surface area contributed by atoms with Crippen LogP contribution in [0.1, 0.15) is 82.3 Å². The van der Waals surface area contributed by atoms with Gasteiger partial charge in [0.25, 0.3) is 0 Å². The molecule has 5 aliphatic rings. The topological polar surface area (TPSA) is 194 Å². The van der Waals surface area contributed by atoms with Gasteiger partial charge in [-0.2, -0.15) is 0 Å². The van der Waals surface area contributed by atoms with Crippen LogP contribution in [0, 0.1) is 35.0 Å². The van der Waals surface area contributed by atoms with E-state index in [1.165, 1.54) is 0 Å². The number of hydrogen-bond donors (Lipinski definition) is 5. The number of carbonyl (C=O) groups excluding carboxylic acids is 5. The lowest BCUT2D eigenvalue weighted by molar-refractivity contribution is -0.197. The van der Waals surface area contributed by atoms with Gasteiger partial charge in [-0.3, -0.25) is 24.0 Å². The van der Waals surface area contributed by atoms with E-state index in [0.29, 0.717) is 24.9 Å². The van der Waals surface area contributed by atoms with Crippen LogP contribution >= 0.6 is 0 Å². The Morgan fingerprint density at radius 3 is 2.57 bits per heavy atom. The highest BCUT2D eigenvalue weighted by molar-refractivity contribution is 6.01. The van der Waals surface area contributed by atoms with Crippen LogP contribution in [0.15, 0.2) is 72.3 Å². The summed E-state index contributed by atoms with van der Waals surface area (Å²) in [4.78, 5) is 63.3. The molecule has 298 valence electrons. The summed E-state index contributed by atoms with van der Waals surface area (Å²) in [7, 11) is 0. The highest BCUT2D eigenvalue weighted by atomic mass is 16.7. The molecule has 4 fully saturated rings. The highest BCUT2D eigenvalue weighted by Crippen LogP contribution is 2.69. The van der Waals surface area contributed by atoms with E-state index in [9.17, 15) is 34.2 Å². The quantitative estimate of drug-likeness (QED) is 0.200. The summed E-state index contributed by atoms with van der Waals surface area (Å²) in [5.41, 5.74) is 7.60. The predicted octanol–water partition coefficient (Wildman–Crippen LogP) is 3.88. The maximum absolute atomic E-state index is 13.9. The molecule has 7 rings (SSSR count). The molecule has 1 saturated heterocycles. The van der Waals surface area contributed by atoms with E-state index in [1.54, 1.807) is 32.1 Å². The van der Waals surface area contributed by atoms with Gasteiger partial charge in [0.1, 0.15) is 6.61 Å². The molecule has 0 radical (unpaired) electrons. The Labute approximate surface area is 327 Å². The van der Waals surface area contributed by atoms with Crippen molar-refractivity contribution in [2.45, 2.75) is 95.9 Å². The molecular formula is C44H53N3O9. The molecule has 1 unspecified atom stereocenters. The summed E-state index contributed by atoms with van der Waals surface area (Å²) in [6, 6.07) is 14.6. The number of allylic oxidation sites excluding steroid dienone is 4. The second-order valence-electron chi connectivity index (χ2n) is 16.7. The monoisotopic (exact) mass is 767 g/mol. The molecule has 1 aliphatic heterocycles. The minimum absolute atomic E-state index is 0.00507. The van der Waals surface area contributed by atoms with Gasteiger partial charge in [-0.15, -0.1) is 0 Å². The van der Waals surface area contributed by atoms with Gasteiger partial charge in [0, 0.05) is 47.9 Å². The standard InChI is InChI=1S/C44H53N3O9/c1-24(17-35(50)25(2)46-39(53)15-16-45)41(54)47-30-6-4-5-27(19-30)18-26-7-9-28(10-8-26)42-55-38-21-34-33-13-11-29-20-31(49)12-14-32(29)40(33)36(51)22-43(34,3)44(38,56-42)37(52)23-48/h4-10,12,14,19-20,24-25,32-34,36,38,40,42,48,51H,11,13,15-18,21-23,45H2,1-3H3,(H,46,53)(H,47,54)/t24-,25+,32?,33+,34+,36+,38-,40-,42-,43+,44-/m1/s1. The average molecular weight is 768 g/mol. The lowest BCUT2D eigenvalue weighted by Crippen LogP contribution is -2.62. The number of nitrogens with one attached hydrogen (secondary N) is 2. The number of fused-ring (bicyclic) bond motifs is 7. The molecule has 2 aromatic rings. The summed E-state index contributed by atoms with van der Waals surface area (Å²) in [6.45, 7) is 4.80. The van der Waals surface area contributed by atoms with Crippen molar-refractivity contribution < 1.29 is 43.7 Å². The second kappa shape index (κ2) is 15.9. The molecule has 2 aromatic carbocycles. The summed E-state index contributed by atoms with van der Waals surface area (Å²) in [5.74, 6) is -1.81. The van der Waals surface area contributed by atoms with Crippen molar-refractivity contribution in [2.24, 2.45) is 40.7 Å². The van der Waals surface area contributed by atoms with E-state index in [0.717, 1.165) is 35.1 Å². The Morgan fingerprint density at radius 1 is 1.07 bits per heavy atom. The van der Waals surface area contributed by atoms with Crippen LogP contribution < -0.4 is 16.4 Å². The molecule has 4 aliphatic carbocycles. The third-order valence-corrected chi connectivity index (χ3v) is 13.3. The fraction of sp³-hybridized carbons (Fsp3) is 0.523. The number of nitrogens with two attached hydrogens (primary N) is 1. The summed E-state index contributed by atoms with van der Waals surface area (Å²) in [6.07, 6.45) is 6.28. The number of anilines is 1. The third-order valence-electron chi connectivity index (χ3n) is 13.3. The first kappa shape index (κ1) is 39.9. The van der Waals surface area contributed by atoms with E-state index >= 15 is 0 Å².